The third-order valence-corrected chi connectivity index (χ3v) is 2.88. The van der Waals surface area contributed by atoms with Crippen molar-refractivity contribution >= 4 is 17.3 Å². The van der Waals surface area contributed by atoms with Crippen molar-refractivity contribution in [3.63, 3.8) is 0 Å². The molecule has 0 aromatic heterocycles. The van der Waals surface area contributed by atoms with Gasteiger partial charge in [0.15, 0.2) is 0 Å². The van der Waals surface area contributed by atoms with Crippen LogP contribution in [0.5, 0.6) is 5.75 Å². The standard InChI is InChI=1S/C13H20ClNO2/c1-17-13-10-11(6-7-12(13)14)15-8-4-2-3-5-9-16/h6-7,10,15-16H,2-5,8-9H2,1H3. The number of ether oxygens (including phenoxy) is 1. The van der Waals surface area contributed by atoms with Gasteiger partial charge in [0.25, 0.3) is 0 Å². The van der Waals surface area contributed by atoms with Crippen LogP contribution in [0.15, 0.2) is 18.2 Å². The number of anilines is 1. The molecule has 0 atom stereocenters. The van der Waals surface area contributed by atoms with E-state index in [-0.39, 0.29) is 0 Å². The highest BCUT2D eigenvalue weighted by Crippen LogP contribution is 2.27. The Bertz CT molecular complexity index is 331. The predicted molar refractivity (Wildman–Crippen MR) is 72.0 cm³/mol. The summed E-state index contributed by atoms with van der Waals surface area (Å²) in [5.41, 5.74) is 1.02. The number of unbranched alkanes of at least 4 members (excludes halogenated alkanes) is 3. The van der Waals surface area contributed by atoms with Gasteiger partial charge in [0, 0.05) is 24.9 Å². The Morgan fingerprint density at radius 2 is 2.00 bits per heavy atom. The van der Waals surface area contributed by atoms with Gasteiger partial charge in [-0.1, -0.05) is 24.4 Å². The summed E-state index contributed by atoms with van der Waals surface area (Å²) >= 11 is 5.94. The Kier molecular flexibility index (Phi) is 6.82. The van der Waals surface area contributed by atoms with Gasteiger partial charge in [-0.25, -0.2) is 0 Å². The largest absolute Gasteiger partial charge is 0.495 e. The number of rotatable bonds is 8. The van der Waals surface area contributed by atoms with E-state index < -0.39 is 0 Å². The zero-order valence-corrected chi connectivity index (χ0v) is 11.0. The third kappa shape index (κ3) is 5.29. The van der Waals surface area contributed by atoms with E-state index in [0.29, 0.717) is 17.4 Å². The molecule has 4 heteroatoms. The SMILES string of the molecule is COc1cc(NCCCCCCO)ccc1Cl. The van der Waals surface area contributed by atoms with E-state index in [0.717, 1.165) is 37.9 Å². The van der Waals surface area contributed by atoms with Crippen LogP contribution in [-0.4, -0.2) is 25.4 Å². The van der Waals surface area contributed by atoms with E-state index in [1.807, 2.05) is 18.2 Å². The third-order valence-electron chi connectivity index (χ3n) is 2.57. The van der Waals surface area contributed by atoms with Crippen molar-refractivity contribution in [2.24, 2.45) is 0 Å². The lowest BCUT2D eigenvalue weighted by Crippen LogP contribution is -2.01. The summed E-state index contributed by atoms with van der Waals surface area (Å²) in [6.07, 6.45) is 4.22. The smallest absolute Gasteiger partial charge is 0.139 e. The van der Waals surface area contributed by atoms with Gasteiger partial charge >= 0.3 is 0 Å². The molecule has 0 bridgehead atoms. The summed E-state index contributed by atoms with van der Waals surface area (Å²) in [6, 6.07) is 5.67. The first-order chi connectivity index (χ1) is 8.27. The molecule has 0 radical (unpaired) electrons. The molecule has 0 amide bonds. The average Bonchev–Trinajstić information content (AvgIpc) is 2.35. The number of methoxy groups -OCH3 is 1. The van der Waals surface area contributed by atoms with Crippen molar-refractivity contribution in [3.05, 3.63) is 23.2 Å². The Morgan fingerprint density at radius 1 is 1.24 bits per heavy atom. The van der Waals surface area contributed by atoms with Crippen molar-refractivity contribution in [1.29, 1.82) is 0 Å². The monoisotopic (exact) mass is 257 g/mol. The molecule has 0 heterocycles. The van der Waals surface area contributed by atoms with Crippen LogP contribution in [0.2, 0.25) is 5.02 Å². The van der Waals surface area contributed by atoms with Gasteiger partial charge in [0.2, 0.25) is 0 Å². The van der Waals surface area contributed by atoms with Crippen LogP contribution in [-0.2, 0) is 0 Å². The van der Waals surface area contributed by atoms with E-state index in [1.54, 1.807) is 7.11 Å². The minimum Gasteiger partial charge on any atom is -0.495 e. The zero-order valence-electron chi connectivity index (χ0n) is 10.2. The zero-order chi connectivity index (χ0) is 12.5. The second kappa shape index (κ2) is 8.20. The van der Waals surface area contributed by atoms with Gasteiger partial charge in [-0.2, -0.15) is 0 Å². The molecule has 0 saturated heterocycles. The first-order valence-electron chi connectivity index (χ1n) is 5.96. The Balaban J connectivity index is 2.27. The van der Waals surface area contributed by atoms with Crippen LogP contribution in [0.1, 0.15) is 25.7 Å². The van der Waals surface area contributed by atoms with Gasteiger partial charge in [-0.05, 0) is 25.0 Å². The number of halogens is 1. The van der Waals surface area contributed by atoms with Crippen molar-refractivity contribution < 1.29 is 9.84 Å². The molecule has 1 aromatic carbocycles. The van der Waals surface area contributed by atoms with Crippen LogP contribution in [0.4, 0.5) is 5.69 Å². The van der Waals surface area contributed by atoms with Crippen LogP contribution < -0.4 is 10.1 Å². The van der Waals surface area contributed by atoms with E-state index in [2.05, 4.69) is 5.32 Å². The van der Waals surface area contributed by atoms with Gasteiger partial charge in [-0.3, -0.25) is 0 Å². The first kappa shape index (κ1) is 14.1. The molecule has 0 fully saturated rings. The predicted octanol–water partition coefficient (Wildman–Crippen LogP) is 3.31. The molecule has 0 aliphatic heterocycles. The Morgan fingerprint density at radius 3 is 2.71 bits per heavy atom. The van der Waals surface area contributed by atoms with E-state index in [9.17, 15) is 0 Å². The fourth-order valence-electron chi connectivity index (χ4n) is 1.59. The van der Waals surface area contributed by atoms with E-state index >= 15 is 0 Å². The molecule has 2 N–H and O–H groups in total. The second-order valence-electron chi connectivity index (χ2n) is 3.91. The maximum absolute atomic E-state index is 8.64. The van der Waals surface area contributed by atoms with Crippen molar-refractivity contribution in [1.82, 2.24) is 0 Å². The number of aliphatic hydroxyl groups excluding tert-OH is 1. The van der Waals surface area contributed by atoms with Crippen molar-refractivity contribution in [2.45, 2.75) is 25.7 Å². The van der Waals surface area contributed by atoms with Gasteiger partial charge in [-0.15, -0.1) is 0 Å². The summed E-state index contributed by atoms with van der Waals surface area (Å²) in [6.45, 7) is 1.22. The number of benzene rings is 1. The maximum Gasteiger partial charge on any atom is 0.139 e. The Hall–Kier alpha value is -0.930. The molecule has 0 aliphatic rings. The Labute approximate surface area is 108 Å². The van der Waals surface area contributed by atoms with Crippen LogP contribution in [0.25, 0.3) is 0 Å². The van der Waals surface area contributed by atoms with Gasteiger partial charge < -0.3 is 15.2 Å². The number of nitrogens with one attached hydrogen (secondary N) is 1. The van der Waals surface area contributed by atoms with Crippen LogP contribution >= 0.6 is 11.6 Å². The molecule has 0 aliphatic carbocycles. The molecule has 1 aromatic rings. The van der Waals surface area contributed by atoms with Gasteiger partial charge in [0.05, 0.1) is 12.1 Å². The lowest BCUT2D eigenvalue weighted by atomic mass is 10.2. The molecule has 0 spiro atoms. The molecular formula is C13H20ClNO2. The van der Waals surface area contributed by atoms with Gasteiger partial charge in [0.1, 0.15) is 5.75 Å². The summed E-state index contributed by atoms with van der Waals surface area (Å²) < 4.78 is 5.15. The fraction of sp³-hybridized carbons (Fsp3) is 0.538. The molecule has 17 heavy (non-hydrogen) atoms. The normalized spacial score (nSPS) is 10.3. The molecule has 96 valence electrons. The number of hydrogen-bond donors (Lipinski definition) is 2. The fourth-order valence-corrected chi connectivity index (χ4v) is 1.79. The highest BCUT2D eigenvalue weighted by Gasteiger charge is 2.01. The number of aliphatic hydroxyl groups is 1. The summed E-state index contributed by atoms with van der Waals surface area (Å²) in [7, 11) is 1.61. The lowest BCUT2D eigenvalue weighted by molar-refractivity contribution is 0.283. The highest BCUT2D eigenvalue weighted by molar-refractivity contribution is 6.32. The van der Waals surface area contributed by atoms with E-state index in [4.69, 9.17) is 21.4 Å². The molecule has 1 rings (SSSR count). The maximum atomic E-state index is 8.64. The first-order valence-corrected chi connectivity index (χ1v) is 6.34. The molecular weight excluding hydrogens is 238 g/mol. The second-order valence-corrected chi connectivity index (χ2v) is 4.32. The minimum atomic E-state index is 0.293. The quantitative estimate of drug-likeness (QED) is 0.702. The highest BCUT2D eigenvalue weighted by atomic mass is 35.5. The van der Waals surface area contributed by atoms with Crippen LogP contribution in [0, 0.1) is 0 Å². The van der Waals surface area contributed by atoms with Crippen LogP contribution in [0.3, 0.4) is 0 Å². The molecule has 0 saturated carbocycles. The molecule has 0 unspecified atom stereocenters. The lowest BCUT2D eigenvalue weighted by Gasteiger charge is -2.09. The summed E-state index contributed by atoms with van der Waals surface area (Å²) in [5.74, 6) is 0.692. The average molecular weight is 258 g/mol. The molecule has 3 nitrogen and oxygen atoms in total. The minimum absolute atomic E-state index is 0.293. The summed E-state index contributed by atoms with van der Waals surface area (Å²) in [5, 5.41) is 12.6. The topological polar surface area (TPSA) is 41.5 Å². The summed E-state index contributed by atoms with van der Waals surface area (Å²) in [4.78, 5) is 0. The number of hydrogen-bond acceptors (Lipinski definition) is 3. The van der Waals surface area contributed by atoms with E-state index in [1.165, 1.54) is 0 Å². The van der Waals surface area contributed by atoms with Crippen molar-refractivity contribution in [2.75, 3.05) is 25.6 Å². The van der Waals surface area contributed by atoms with Crippen molar-refractivity contribution in [3.8, 4) is 5.75 Å².